The molecule has 5 heteroatoms. The fourth-order valence-corrected chi connectivity index (χ4v) is 2.35. The van der Waals surface area contributed by atoms with Crippen LogP contribution in [-0.2, 0) is 18.4 Å². The van der Waals surface area contributed by atoms with E-state index in [1.807, 2.05) is 13.0 Å². The second kappa shape index (κ2) is 7.77. The van der Waals surface area contributed by atoms with Crippen molar-refractivity contribution in [2.45, 2.75) is 26.2 Å². The van der Waals surface area contributed by atoms with Crippen LogP contribution in [0.3, 0.4) is 0 Å². The van der Waals surface area contributed by atoms with Gasteiger partial charge in [-0.15, -0.1) is 6.58 Å². The summed E-state index contributed by atoms with van der Waals surface area (Å²) in [6.07, 6.45) is 3.90. The van der Waals surface area contributed by atoms with E-state index in [1.165, 1.54) is 14.2 Å². The molecule has 94 valence electrons. The summed E-state index contributed by atoms with van der Waals surface area (Å²) in [5.74, 6) is 0.191. The molecule has 0 amide bonds. The van der Waals surface area contributed by atoms with Crippen LogP contribution in [0, 0.1) is 5.92 Å². The number of hydrogen-bond acceptors (Lipinski definition) is 4. The van der Waals surface area contributed by atoms with Crippen molar-refractivity contribution in [3.63, 3.8) is 0 Å². The number of Topliss-reactive ketones (excluding diaryl/α,β-unsaturated/α-hetero) is 1. The highest BCUT2D eigenvalue weighted by Crippen LogP contribution is 2.46. The van der Waals surface area contributed by atoms with E-state index in [-0.39, 0.29) is 17.9 Å². The third-order valence-electron chi connectivity index (χ3n) is 2.37. The summed E-state index contributed by atoms with van der Waals surface area (Å²) in [5.41, 5.74) is 0. The smallest absolute Gasteiger partial charge is 0.312 e. The first-order chi connectivity index (χ1) is 7.47. The maximum absolute atomic E-state index is 11.7. The summed E-state index contributed by atoms with van der Waals surface area (Å²) >= 11 is 0. The first kappa shape index (κ1) is 15.6. The van der Waals surface area contributed by atoms with Gasteiger partial charge in [0.25, 0.3) is 0 Å². The van der Waals surface area contributed by atoms with E-state index in [1.54, 1.807) is 0 Å². The number of allylic oxidation sites excluding steroid dienone is 1. The van der Waals surface area contributed by atoms with Gasteiger partial charge in [0.15, 0.2) is 0 Å². The molecule has 0 saturated carbocycles. The number of ketones is 1. The lowest BCUT2D eigenvalue weighted by Gasteiger charge is -2.14. The Labute approximate surface area is 97.6 Å². The highest BCUT2D eigenvalue weighted by Gasteiger charge is 2.25. The SMILES string of the molecule is C=CCCC(C)CC(=O)CP(=O)(OC)OC. The fourth-order valence-electron chi connectivity index (χ4n) is 1.38. The first-order valence-electron chi connectivity index (χ1n) is 5.30. The maximum Gasteiger partial charge on any atom is 0.337 e. The minimum Gasteiger partial charge on any atom is -0.312 e. The summed E-state index contributed by atoms with van der Waals surface area (Å²) in [4.78, 5) is 11.6. The molecule has 0 aliphatic heterocycles. The summed E-state index contributed by atoms with van der Waals surface area (Å²) in [5, 5.41) is 0. The predicted molar refractivity (Wildman–Crippen MR) is 64.7 cm³/mol. The van der Waals surface area contributed by atoms with Crippen molar-refractivity contribution in [3.05, 3.63) is 12.7 Å². The number of carbonyl (C=O) groups is 1. The van der Waals surface area contributed by atoms with Crippen LogP contribution in [-0.4, -0.2) is 26.2 Å². The van der Waals surface area contributed by atoms with Gasteiger partial charge in [-0.1, -0.05) is 13.0 Å². The molecule has 0 fully saturated rings. The normalized spacial score (nSPS) is 13.4. The summed E-state index contributed by atoms with van der Waals surface area (Å²) in [7, 11) is -0.608. The summed E-state index contributed by atoms with van der Waals surface area (Å²) < 4.78 is 21.1. The lowest BCUT2D eigenvalue weighted by atomic mass is 10.00. The molecular weight excluding hydrogens is 227 g/mol. The van der Waals surface area contributed by atoms with Gasteiger partial charge in [0.1, 0.15) is 11.9 Å². The third-order valence-corrected chi connectivity index (χ3v) is 4.22. The molecule has 0 aliphatic rings. The van der Waals surface area contributed by atoms with Crippen molar-refractivity contribution in [1.82, 2.24) is 0 Å². The average molecular weight is 248 g/mol. The Morgan fingerprint density at radius 3 is 2.44 bits per heavy atom. The quantitative estimate of drug-likeness (QED) is 0.465. The molecule has 0 rings (SSSR count). The molecule has 16 heavy (non-hydrogen) atoms. The Morgan fingerprint density at radius 2 is 2.00 bits per heavy atom. The summed E-state index contributed by atoms with van der Waals surface area (Å²) in [6, 6.07) is 0. The Morgan fingerprint density at radius 1 is 1.44 bits per heavy atom. The van der Waals surface area contributed by atoms with E-state index in [2.05, 4.69) is 6.58 Å². The molecular formula is C11H21O4P. The van der Waals surface area contributed by atoms with Gasteiger partial charge in [0.2, 0.25) is 0 Å². The monoisotopic (exact) mass is 248 g/mol. The van der Waals surface area contributed by atoms with Crippen LogP contribution in [0.5, 0.6) is 0 Å². The molecule has 0 aliphatic carbocycles. The van der Waals surface area contributed by atoms with E-state index in [4.69, 9.17) is 9.05 Å². The lowest BCUT2D eigenvalue weighted by Crippen LogP contribution is -2.11. The molecule has 0 N–H and O–H groups in total. The van der Waals surface area contributed by atoms with Gasteiger partial charge in [0.05, 0.1) is 0 Å². The van der Waals surface area contributed by atoms with Crippen LogP contribution in [0.15, 0.2) is 12.7 Å². The van der Waals surface area contributed by atoms with E-state index < -0.39 is 7.60 Å². The lowest BCUT2D eigenvalue weighted by molar-refractivity contribution is -0.117. The maximum atomic E-state index is 11.7. The Hall–Kier alpha value is -0.440. The number of hydrogen-bond donors (Lipinski definition) is 0. The fraction of sp³-hybridized carbons (Fsp3) is 0.727. The second-order valence-electron chi connectivity index (χ2n) is 3.85. The van der Waals surface area contributed by atoms with Crippen LogP contribution >= 0.6 is 7.60 Å². The minimum absolute atomic E-state index is 0.0800. The molecule has 0 aromatic heterocycles. The first-order valence-corrected chi connectivity index (χ1v) is 7.03. The Kier molecular flexibility index (Phi) is 7.56. The Balaban J connectivity index is 4.07. The van der Waals surface area contributed by atoms with Crippen LogP contribution in [0.1, 0.15) is 26.2 Å². The zero-order valence-electron chi connectivity index (χ0n) is 10.3. The van der Waals surface area contributed by atoms with Gasteiger partial charge >= 0.3 is 7.60 Å². The van der Waals surface area contributed by atoms with Crippen LogP contribution in [0.25, 0.3) is 0 Å². The van der Waals surface area contributed by atoms with Crippen molar-refractivity contribution in [3.8, 4) is 0 Å². The van der Waals surface area contributed by atoms with Crippen LogP contribution in [0.4, 0.5) is 0 Å². The molecule has 0 heterocycles. The summed E-state index contributed by atoms with van der Waals surface area (Å²) in [6.45, 7) is 5.62. The van der Waals surface area contributed by atoms with Crippen LogP contribution < -0.4 is 0 Å². The van der Waals surface area contributed by atoms with E-state index in [0.29, 0.717) is 6.42 Å². The number of rotatable bonds is 9. The average Bonchev–Trinajstić information content (AvgIpc) is 2.25. The molecule has 0 bridgehead atoms. The topological polar surface area (TPSA) is 52.6 Å². The standard InChI is InChI=1S/C11H21O4P/c1-5-6-7-10(2)8-11(12)9-16(13,14-3)15-4/h5,10H,1,6-9H2,2-4H3. The molecule has 0 radical (unpaired) electrons. The van der Waals surface area contributed by atoms with Gasteiger partial charge in [-0.05, 0) is 18.8 Å². The Bertz CT molecular complexity index is 267. The zero-order chi connectivity index (χ0) is 12.6. The van der Waals surface area contributed by atoms with Gasteiger partial charge in [-0.25, -0.2) is 0 Å². The number of carbonyl (C=O) groups excluding carboxylic acids is 1. The van der Waals surface area contributed by atoms with Crippen molar-refractivity contribution >= 4 is 13.4 Å². The largest absolute Gasteiger partial charge is 0.337 e. The molecule has 0 aromatic carbocycles. The van der Waals surface area contributed by atoms with E-state index in [0.717, 1.165) is 12.8 Å². The van der Waals surface area contributed by atoms with Crippen molar-refractivity contribution in [1.29, 1.82) is 0 Å². The van der Waals surface area contributed by atoms with Crippen LogP contribution in [0.2, 0.25) is 0 Å². The van der Waals surface area contributed by atoms with Gasteiger partial charge in [-0.2, -0.15) is 0 Å². The highest BCUT2D eigenvalue weighted by molar-refractivity contribution is 7.54. The second-order valence-corrected chi connectivity index (χ2v) is 6.12. The molecule has 0 aromatic rings. The van der Waals surface area contributed by atoms with Gasteiger partial charge < -0.3 is 9.05 Å². The molecule has 0 spiro atoms. The highest BCUT2D eigenvalue weighted by atomic mass is 31.2. The predicted octanol–water partition coefficient (Wildman–Crippen LogP) is 3.03. The molecule has 4 nitrogen and oxygen atoms in total. The van der Waals surface area contributed by atoms with Crippen molar-refractivity contribution in [2.75, 3.05) is 20.4 Å². The minimum atomic E-state index is -3.19. The van der Waals surface area contributed by atoms with Gasteiger partial charge in [-0.3, -0.25) is 9.36 Å². The molecule has 1 atom stereocenters. The molecule has 1 unspecified atom stereocenters. The zero-order valence-corrected chi connectivity index (χ0v) is 11.2. The van der Waals surface area contributed by atoms with E-state index in [9.17, 15) is 9.36 Å². The van der Waals surface area contributed by atoms with Gasteiger partial charge in [0, 0.05) is 20.6 Å². The van der Waals surface area contributed by atoms with Crippen molar-refractivity contribution in [2.24, 2.45) is 5.92 Å². The third kappa shape index (κ3) is 6.21. The van der Waals surface area contributed by atoms with E-state index >= 15 is 0 Å². The van der Waals surface area contributed by atoms with Crippen molar-refractivity contribution < 1.29 is 18.4 Å². The molecule has 0 saturated heterocycles.